The van der Waals surface area contributed by atoms with Gasteiger partial charge in [0, 0.05) is 19.6 Å². The zero-order valence-electron chi connectivity index (χ0n) is 10.3. The summed E-state index contributed by atoms with van der Waals surface area (Å²) in [7, 11) is 0. The molecule has 19 heavy (non-hydrogen) atoms. The van der Waals surface area contributed by atoms with Gasteiger partial charge in [-0.2, -0.15) is 5.10 Å². The highest BCUT2D eigenvalue weighted by Crippen LogP contribution is 2.26. The summed E-state index contributed by atoms with van der Waals surface area (Å²) in [6.07, 6.45) is 1.51. The molecule has 3 nitrogen and oxygen atoms in total. The quantitative estimate of drug-likeness (QED) is 0.498. The van der Waals surface area contributed by atoms with E-state index in [4.69, 9.17) is 11.6 Å². The highest BCUT2D eigenvalue weighted by atomic mass is 127. The van der Waals surface area contributed by atoms with E-state index in [2.05, 4.69) is 43.6 Å². The zero-order chi connectivity index (χ0) is 14.2. The molecule has 0 unspecified atom stereocenters. The van der Waals surface area contributed by atoms with Crippen molar-refractivity contribution < 1.29 is 4.79 Å². The molecule has 6 heteroatoms. The minimum absolute atomic E-state index is 0.0799. The molecule has 1 aromatic heterocycles. The second-order valence-corrected chi connectivity index (χ2v) is 6.82. The Morgan fingerprint density at radius 3 is 2.79 bits per heavy atom. The molecule has 0 bridgehead atoms. The Labute approximate surface area is 138 Å². The van der Waals surface area contributed by atoms with Crippen molar-refractivity contribution >= 4 is 55.9 Å². The van der Waals surface area contributed by atoms with Gasteiger partial charge in [-0.3, -0.25) is 9.48 Å². The fraction of sp³-hybridized carbons (Fsp3) is 0.231. The number of carbonyl (C=O) groups excluding carboxylic acids is 1. The Kier molecular flexibility index (Phi) is 4.68. The first kappa shape index (κ1) is 15.0. The van der Waals surface area contributed by atoms with E-state index in [1.54, 1.807) is 10.7 Å². The monoisotopic (exact) mass is 452 g/mol. The number of ketones is 1. The van der Waals surface area contributed by atoms with E-state index < -0.39 is 0 Å². The van der Waals surface area contributed by atoms with Gasteiger partial charge in [0.05, 0.1) is 11.2 Å². The highest BCUT2D eigenvalue weighted by Gasteiger charge is 2.22. The van der Waals surface area contributed by atoms with Crippen LogP contribution in [0, 0.1) is 3.57 Å². The van der Waals surface area contributed by atoms with Gasteiger partial charge >= 0.3 is 0 Å². The van der Waals surface area contributed by atoms with Gasteiger partial charge < -0.3 is 0 Å². The first-order chi connectivity index (χ1) is 8.91. The molecular formula is C13H11BrClIN2O. The molecule has 0 aliphatic heterocycles. The maximum Gasteiger partial charge on any atom is 0.213 e. The van der Waals surface area contributed by atoms with E-state index in [9.17, 15) is 4.79 Å². The van der Waals surface area contributed by atoms with Crippen LogP contribution < -0.4 is 0 Å². The molecule has 1 aromatic carbocycles. The number of benzene rings is 1. The number of halogens is 3. The molecule has 0 atom stereocenters. The normalized spacial score (nSPS) is 11.1. The third kappa shape index (κ3) is 3.03. The van der Waals surface area contributed by atoms with Crippen LogP contribution in [-0.4, -0.2) is 15.6 Å². The van der Waals surface area contributed by atoms with Gasteiger partial charge in [-0.25, -0.2) is 0 Å². The highest BCUT2D eigenvalue weighted by molar-refractivity contribution is 14.1. The summed E-state index contributed by atoms with van der Waals surface area (Å²) in [6, 6.07) is 5.68. The third-order valence-corrected chi connectivity index (χ3v) is 4.34. The average Bonchev–Trinajstić information content (AvgIpc) is 2.73. The maximum atomic E-state index is 12.7. The van der Waals surface area contributed by atoms with Crippen molar-refractivity contribution in [3.8, 4) is 0 Å². The van der Waals surface area contributed by atoms with Crippen LogP contribution in [-0.2, 0) is 0 Å². The van der Waals surface area contributed by atoms with Crippen LogP contribution in [0.15, 0.2) is 28.9 Å². The molecule has 0 saturated carbocycles. The van der Waals surface area contributed by atoms with Crippen molar-refractivity contribution in [3.05, 3.63) is 48.7 Å². The third-order valence-electron chi connectivity index (χ3n) is 2.63. The van der Waals surface area contributed by atoms with Crippen molar-refractivity contribution in [3.63, 3.8) is 0 Å². The van der Waals surface area contributed by atoms with Gasteiger partial charge in [-0.05, 0) is 54.6 Å². The number of hydrogen-bond donors (Lipinski definition) is 0. The Hall–Kier alpha value is -0.400. The van der Waals surface area contributed by atoms with Gasteiger partial charge in [-0.1, -0.05) is 27.5 Å². The topological polar surface area (TPSA) is 34.9 Å². The first-order valence-electron chi connectivity index (χ1n) is 5.64. The smallest absolute Gasteiger partial charge is 0.213 e. The van der Waals surface area contributed by atoms with Crippen molar-refractivity contribution in [2.45, 2.75) is 19.9 Å². The fourth-order valence-corrected chi connectivity index (χ4v) is 2.90. The molecule has 0 aliphatic rings. The van der Waals surface area contributed by atoms with Crippen molar-refractivity contribution in [1.29, 1.82) is 0 Å². The Morgan fingerprint density at radius 2 is 2.16 bits per heavy atom. The fourth-order valence-electron chi connectivity index (χ4n) is 1.74. The molecule has 1 heterocycles. The average molecular weight is 454 g/mol. The molecule has 100 valence electrons. The van der Waals surface area contributed by atoms with E-state index in [0.717, 1.165) is 8.04 Å². The lowest BCUT2D eigenvalue weighted by Gasteiger charge is -2.11. The van der Waals surface area contributed by atoms with E-state index in [-0.39, 0.29) is 11.8 Å². The minimum Gasteiger partial charge on any atom is -0.287 e. The largest absolute Gasteiger partial charge is 0.287 e. The van der Waals surface area contributed by atoms with Crippen LogP contribution in [0.4, 0.5) is 0 Å². The SMILES string of the molecule is CC(C)n1ncc(Cl)c1C(=O)c1cc(Br)ccc1I. The summed E-state index contributed by atoms with van der Waals surface area (Å²) < 4.78 is 3.41. The molecule has 0 N–H and O–H groups in total. The Bertz CT molecular complexity index is 640. The second-order valence-electron chi connectivity index (χ2n) is 4.33. The van der Waals surface area contributed by atoms with E-state index in [0.29, 0.717) is 16.3 Å². The van der Waals surface area contributed by atoms with Crippen LogP contribution in [0.5, 0.6) is 0 Å². The molecule has 0 saturated heterocycles. The summed E-state index contributed by atoms with van der Waals surface area (Å²) in [4.78, 5) is 12.7. The number of rotatable bonds is 3. The molecule has 0 aliphatic carbocycles. The van der Waals surface area contributed by atoms with Gasteiger partial charge in [0.2, 0.25) is 5.78 Å². The molecule has 2 aromatic rings. The van der Waals surface area contributed by atoms with Crippen LogP contribution >= 0.6 is 50.1 Å². The van der Waals surface area contributed by atoms with Crippen LogP contribution in [0.2, 0.25) is 5.02 Å². The zero-order valence-corrected chi connectivity index (χ0v) is 14.8. The van der Waals surface area contributed by atoms with Gasteiger partial charge in [0.25, 0.3) is 0 Å². The Balaban J connectivity index is 2.56. The number of carbonyl (C=O) groups is 1. The lowest BCUT2D eigenvalue weighted by atomic mass is 10.1. The molecule has 0 amide bonds. The predicted molar refractivity (Wildman–Crippen MR) is 87.9 cm³/mol. The molecule has 0 spiro atoms. The summed E-state index contributed by atoms with van der Waals surface area (Å²) >= 11 is 11.6. The van der Waals surface area contributed by atoms with Crippen molar-refractivity contribution in [2.75, 3.05) is 0 Å². The Morgan fingerprint density at radius 1 is 1.47 bits per heavy atom. The molecule has 0 fully saturated rings. The van der Waals surface area contributed by atoms with Gasteiger partial charge in [-0.15, -0.1) is 0 Å². The number of aromatic nitrogens is 2. The number of nitrogens with zero attached hydrogens (tertiary/aromatic N) is 2. The first-order valence-corrected chi connectivity index (χ1v) is 7.89. The number of hydrogen-bond acceptors (Lipinski definition) is 2. The molecular weight excluding hydrogens is 442 g/mol. The molecule has 0 radical (unpaired) electrons. The second kappa shape index (κ2) is 5.93. The van der Waals surface area contributed by atoms with Gasteiger partial charge in [0.1, 0.15) is 5.69 Å². The van der Waals surface area contributed by atoms with Gasteiger partial charge in [0.15, 0.2) is 0 Å². The lowest BCUT2D eigenvalue weighted by molar-refractivity contribution is 0.102. The van der Waals surface area contributed by atoms with E-state index in [1.807, 2.05) is 26.0 Å². The summed E-state index contributed by atoms with van der Waals surface area (Å²) in [5, 5.41) is 4.55. The maximum absolute atomic E-state index is 12.7. The summed E-state index contributed by atoms with van der Waals surface area (Å²) in [5.74, 6) is -0.109. The van der Waals surface area contributed by atoms with Crippen LogP contribution in [0.1, 0.15) is 35.9 Å². The summed E-state index contributed by atoms with van der Waals surface area (Å²) in [6.45, 7) is 3.93. The lowest BCUT2D eigenvalue weighted by Crippen LogP contribution is -2.14. The van der Waals surface area contributed by atoms with E-state index >= 15 is 0 Å². The van der Waals surface area contributed by atoms with Crippen LogP contribution in [0.3, 0.4) is 0 Å². The molecule has 2 rings (SSSR count). The standard InChI is InChI=1S/C13H11BrClIN2O/c1-7(2)18-12(10(15)6-17-18)13(19)9-5-8(14)3-4-11(9)16/h3-7H,1-2H3. The predicted octanol–water partition coefficient (Wildman–Crippen LogP) is 4.72. The van der Waals surface area contributed by atoms with E-state index in [1.165, 1.54) is 6.20 Å². The minimum atomic E-state index is -0.109. The van der Waals surface area contributed by atoms with Crippen molar-refractivity contribution in [1.82, 2.24) is 9.78 Å². The van der Waals surface area contributed by atoms with Crippen molar-refractivity contribution in [2.24, 2.45) is 0 Å². The summed E-state index contributed by atoms with van der Waals surface area (Å²) in [5.41, 5.74) is 1.06. The van der Waals surface area contributed by atoms with Crippen LogP contribution in [0.25, 0.3) is 0 Å².